The first-order valence-electron chi connectivity index (χ1n) is 8.68. The second kappa shape index (κ2) is 9.75. The van der Waals surface area contributed by atoms with Crippen molar-refractivity contribution in [1.82, 2.24) is 4.90 Å². The van der Waals surface area contributed by atoms with Crippen LogP contribution in [-0.2, 0) is 14.4 Å². The van der Waals surface area contributed by atoms with Crippen molar-refractivity contribution in [2.45, 2.75) is 0 Å². The van der Waals surface area contributed by atoms with E-state index in [0.29, 0.717) is 33.2 Å². The second-order valence-electron chi connectivity index (χ2n) is 6.20. The number of imide groups is 1. The summed E-state index contributed by atoms with van der Waals surface area (Å²) in [7, 11) is 0. The SMILES string of the molecule is O=C(O)COc1ccc(/C=C2\SC(=O)N(CC(=O)Nc3ccc(F)cc3)C2=O)cc1Br. The minimum atomic E-state index is -1.12. The highest BCUT2D eigenvalue weighted by Gasteiger charge is 2.36. The Labute approximate surface area is 188 Å². The molecule has 0 atom stereocenters. The molecule has 1 fully saturated rings. The molecule has 0 radical (unpaired) electrons. The van der Waals surface area contributed by atoms with Crippen LogP contribution in [0.25, 0.3) is 6.08 Å². The number of nitrogens with zero attached hydrogens (tertiary/aromatic N) is 1. The monoisotopic (exact) mass is 508 g/mol. The van der Waals surface area contributed by atoms with Crippen molar-refractivity contribution in [2.75, 3.05) is 18.5 Å². The molecule has 31 heavy (non-hydrogen) atoms. The molecule has 11 heteroatoms. The maximum atomic E-state index is 12.9. The summed E-state index contributed by atoms with van der Waals surface area (Å²) < 4.78 is 18.5. The molecule has 8 nitrogen and oxygen atoms in total. The summed E-state index contributed by atoms with van der Waals surface area (Å²) in [6.07, 6.45) is 1.48. The number of anilines is 1. The van der Waals surface area contributed by atoms with Gasteiger partial charge in [0.05, 0.1) is 9.38 Å². The fourth-order valence-corrected chi connectivity index (χ4v) is 3.88. The van der Waals surface area contributed by atoms with Gasteiger partial charge in [0, 0.05) is 5.69 Å². The van der Waals surface area contributed by atoms with Gasteiger partial charge >= 0.3 is 5.97 Å². The van der Waals surface area contributed by atoms with E-state index in [4.69, 9.17) is 9.84 Å². The van der Waals surface area contributed by atoms with Crippen LogP contribution in [0.5, 0.6) is 5.75 Å². The molecule has 1 heterocycles. The summed E-state index contributed by atoms with van der Waals surface area (Å²) in [6.45, 7) is -0.984. The van der Waals surface area contributed by atoms with E-state index in [0.717, 1.165) is 4.90 Å². The van der Waals surface area contributed by atoms with Gasteiger partial charge in [0.2, 0.25) is 5.91 Å². The first-order chi connectivity index (χ1) is 14.7. The molecule has 1 aliphatic heterocycles. The minimum absolute atomic E-state index is 0.130. The van der Waals surface area contributed by atoms with Crippen LogP contribution in [0, 0.1) is 5.82 Å². The number of hydrogen-bond donors (Lipinski definition) is 2. The van der Waals surface area contributed by atoms with Crippen molar-refractivity contribution in [3.8, 4) is 5.75 Å². The van der Waals surface area contributed by atoms with Crippen molar-refractivity contribution < 1.29 is 33.4 Å². The predicted molar refractivity (Wildman–Crippen MR) is 115 cm³/mol. The lowest BCUT2D eigenvalue weighted by atomic mass is 10.2. The van der Waals surface area contributed by atoms with Gasteiger partial charge in [-0.3, -0.25) is 19.3 Å². The molecule has 1 saturated heterocycles. The Hall–Kier alpha value is -3.18. The third-order valence-electron chi connectivity index (χ3n) is 3.91. The smallest absolute Gasteiger partial charge is 0.341 e. The molecule has 2 aromatic carbocycles. The number of halogens is 2. The molecule has 0 spiro atoms. The second-order valence-corrected chi connectivity index (χ2v) is 8.04. The zero-order valence-electron chi connectivity index (χ0n) is 15.6. The van der Waals surface area contributed by atoms with Gasteiger partial charge in [-0.2, -0.15) is 0 Å². The number of hydrogen-bond acceptors (Lipinski definition) is 6. The van der Waals surface area contributed by atoms with Crippen LogP contribution in [0.2, 0.25) is 0 Å². The largest absolute Gasteiger partial charge is 0.481 e. The van der Waals surface area contributed by atoms with Gasteiger partial charge in [0.25, 0.3) is 11.1 Å². The zero-order valence-corrected chi connectivity index (χ0v) is 18.0. The summed E-state index contributed by atoms with van der Waals surface area (Å²) in [5.41, 5.74) is 0.903. The fraction of sp³-hybridized carbons (Fsp3) is 0.100. The molecule has 2 aromatic rings. The number of ether oxygens (including phenoxy) is 1. The Bertz CT molecular complexity index is 1090. The Balaban J connectivity index is 1.67. The summed E-state index contributed by atoms with van der Waals surface area (Å²) >= 11 is 3.96. The van der Waals surface area contributed by atoms with E-state index in [1.54, 1.807) is 12.1 Å². The highest BCUT2D eigenvalue weighted by atomic mass is 79.9. The lowest BCUT2D eigenvalue weighted by Gasteiger charge is -2.12. The molecular formula is C20H14BrFN2O6S. The number of nitrogens with one attached hydrogen (secondary N) is 1. The van der Waals surface area contributed by atoms with Gasteiger partial charge < -0.3 is 15.2 Å². The van der Waals surface area contributed by atoms with Crippen LogP contribution < -0.4 is 10.1 Å². The van der Waals surface area contributed by atoms with Crippen LogP contribution in [0.1, 0.15) is 5.56 Å². The van der Waals surface area contributed by atoms with E-state index in [1.807, 2.05) is 0 Å². The van der Waals surface area contributed by atoms with Crippen molar-refractivity contribution in [3.05, 3.63) is 63.2 Å². The van der Waals surface area contributed by atoms with Crippen LogP contribution in [0.15, 0.2) is 51.8 Å². The summed E-state index contributed by atoms with van der Waals surface area (Å²) in [6, 6.07) is 9.80. The minimum Gasteiger partial charge on any atom is -0.481 e. The topological polar surface area (TPSA) is 113 Å². The first-order valence-corrected chi connectivity index (χ1v) is 10.3. The highest BCUT2D eigenvalue weighted by Crippen LogP contribution is 2.33. The third kappa shape index (κ3) is 5.92. The van der Waals surface area contributed by atoms with Crippen LogP contribution in [0.3, 0.4) is 0 Å². The maximum Gasteiger partial charge on any atom is 0.341 e. The number of carbonyl (C=O) groups is 4. The van der Waals surface area contributed by atoms with Crippen molar-refractivity contribution in [1.29, 1.82) is 0 Å². The molecule has 0 aliphatic carbocycles. The van der Waals surface area contributed by atoms with E-state index >= 15 is 0 Å². The molecule has 3 rings (SSSR count). The molecule has 2 N–H and O–H groups in total. The van der Waals surface area contributed by atoms with E-state index in [1.165, 1.54) is 36.4 Å². The van der Waals surface area contributed by atoms with E-state index in [9.17, 15) is 23.6 Å². The van der Waals surface area contributed by atoms with Crippen LogP contribution >= 0.6 is 27.7 Å². The normalized spacial score (nSPS) is 14.8. The fourth-order valence-electron chi connectivity index (χ4n) is 2.53. The summed E-state index contributed by atoms with van der Waals surface area (Å²) in [5, 5.41) is 10.6. The molecule has 0 saturated carbocycles. The zero-order chi connectivity index (χ0) is 22.5. The quantitative estimate of drug-likeness (QED) is 0.547. The Morgan fingerprint density at radius 1 is 1.19 bits per heavy atom. The highest BCUT2D eigenvalue weighted by molar-refractivity contribution is 9.10. The number of amides is 3. The number of carbonyl (C=O) groups excluding carboxylic acids is 3. The summed E-state index contributed by atoms with van der Waals surface area (Å²) in [4.78, 5) is 48.5. The molecule has 160 valence electrons. The van der Waals surface area contributed by atoms with E-state index < -0.39 is 42.0 Å². The third-order valence-corrected chi connectivity index (χ3v) is 5.44. The number of carboxylic acids is 1. The summed E-state index contributed by atoms with van der Waals surface area (Å²) in [5.74, 6) is -2.48. The molecular weight excluding hydrogens is 495 g/mol. The number of rotatable bonds is 7. The van der Waals surface area contributed by atoms with Crippen molar-refractivity contribution >= 4 is 62.5 Å². The van der Waals surface area contributed by atoms with Gasteiger partial charge in [0.15, 0.2) is 6.61 Å². The van der Waals surface area contributed by atoms with Gasteiger partial charge in [-0.25, -0.2) is 9.18 Å². The van der Waals surface area contributed by atoms with Gasteiger partial charge in [-0.15, -0.1) is 0 Å². The van der Waals surface area contributed by atoms with E-state index in [-0.39, 0.29) is 4.91 Å². The first kappa shape index (κ1) is 22.5. The van der Waals surface area contributed by atoms with Crippen molar-refractivity contribution in [2.24, 2.45) is 0 Å². The maximum absolute atomic E-state index is 12.9. The Morgan fingerprint density at radius 3 is 2.55 bits per heavy atom. The Kier molecular flexibility index (Phi) is 7.08. The van der Waals surface area contributed by atoms with Crippen molar-refractivity contribution in [3.63, 3.8) is 0 Å². The molecule has 0 bridgehead atoms. The molecule has 0 aromatic heterocycles. The number of thioether (sulfide) groups is 1. The number of carboxylic acid groups (broad SMARTS) is 1. The van der Waals surface area contributed by atoms with Crippen LogP contribution in [-0.4, -0.2) is 46.2 Å². The van der Waals surface area contributed by atoms with Gasteiger partial charge in [-0.1, -0.05) is 6.07 Å². The number of aliphatic carboxylic acids is 1. The average Bonchev–Trinajstić information content (AvgIpc) is 2.96. The standard InChI is InChI=1S/C20H14BrFN2O6S/c21-14-7-11(1-6-15(14)30-10-18(26)27)8-16-19(28)24(20(29)31-16)9-17(25)23-13-4-2-12(22)3-5-13/h1-8H,9-10H2,(H,23,25)(H,26,27)/b16-8-. The molecule has 0 unspecified atom stereocenters. The Morgan fingerprint density at radius 2 is 1.90 bits per heavy atom. The predicted octanol–water partition coefficient (Wildman–Crippen LogP) is 3.73. The molecule has 3 amide bonds. The average molecular weight is 509 g/mol. The van der Waals surface area contributed by atoms with Crippen LogP contribution in [0.4, 0.5) is 14.9 Å². The lowest BCUT2D eigenvalue weighted by molar-refractivity contribution is -0.139. The molecule has 1 aliphatic rings. The van der Waals surface area contributed by atoms with Gasteiger partial charge in [0.1, 0.15) is 18.1 Å². The van der Waals surface area contributed by atoms with E-state index in [2.05, 4.69) is 21.2 Å². The lowest BCUT2D eigenvalue weighted by Crippen LogP contribution is -2.36. The number of benzene rings is 2. The van der Waals surface area contributed by atoms with Gasteiger partial charge in [-0.05, 0) is 75.7 Å².